The summed E-state index contributed by atoms with van der Waals surface area (Å²) >= 11 is 0. The van der Waals surface area contributed by atoms with Crippen molar-refractivity contribution < 1.29 is 21.2 Å². The summed E-state index contributed by atoms with van der Waals surface area (Å²) < 4.78 is 17.8. The highest BCUT2D eigenvalue weighted by molar-refractivity contribution is 5.15. The van der Waals surface area contributed by atoms with Crippen molar-refractivity contribution in [3.05, 3.63) is 59.8 Å². The Morgan fingerprint density at radius 1 is 1.06 bits per heavy atom. The van der Waals surface area contributed by atoms with Gasteiger partial charge in [-0.2, -0.15) is 0 Å². The molecule has 1 aromatic heterocycles. The Labute approximate surface area is 99.9 Å². The van der Waals surface area contributed by atoms with Gasteiger partial charge in [0, 0.05) is 6.54 Å². The number of halogens is 2. The molecule has 0 fully saturated rings. The van der Waals surface area contributed by atoms with Crippen molar-refractivity contribution >= 4 is 0 Å². The fourth-order valence-electron chi connectivity index (χ4n) is 1.35. The molecule has 4 heteroatoms. The van der Waals surface area contributed by atoms with Crippen molar-refractivity contribution in [3.63, 3.8) is 0 Å². The van der Waals surface area contributed by atoms with Gasteiger partial charge in [0.2, 0.25) is 0 Å². The van der Waals surface area contributed by atoms with Crippen molar-refractivity contribution in [1.29, 1.82) is 0 Å². The van der Waals surface area contributed by atoms with E-state index in [4.69, 9.17) is 4.42 Å². The molecular formula is C12H12ClFNO-. The summed E-state index contributed by atoms with van der Waals surface area (Å²) in [6.45, 7) is 1.39. The van der Waals surface area contributed by atoms with E-state index in [1.807, 2.05) is 12.1 Å². The standard InChI is InChI=1S/C12H12FNO.ClH/c13-11-5-3-10(4-6-11)8-14-9-12-2-1-7-15-12;/h1-7,14H,8-9H2;1H/p-1. The van der Waals surface area contributed by atoms with Crippen LogP contribution in [-0.4, -0.2) is 0 Å². The maximum Gasteiger partial charge on any atom is 0.123 e. The van der Waals surface area contributed by atoms with Crippen LogP contribution in [0, 0.1) is 5.82 Å². The van der Waals surface area contributed by atoms with Crippen molar-refractivity contribution in [1.82, 2.24) is 5.32 Å². The second-order valence-electron chi connectivity index (χ2n) is 3.31. The lowest BCUT2D eigenvalue weighted by Gasteiger charge is -2.02. The Bertz CT molecular complexity index is 399. The smallest absolute Gasteiger partial charge is 0.123 e. The third-order valence-electron chi connectivity index (χ3n) is 2.12. The van der Waals surface area contributed by atoms with E-state index in [1.54, 1.807) is 18.4 Å². The third kappa shape index (κ3) is 3.68. The molecule has 0 saturated heterocycles. The monoisotopic (exact) mass is 240 g/mol. The lowest BCUT2D eigenvalue weighted by Crippen LogP contribution is -3.00. The zero-order chi connectivity index (χ0) is 10.5. The molecule has 16 heavy (non-hydrogen) atoms. The van der Waals surface area contributed by atoms with Crippen LogP contribution in [0.25, 0.3) is 0 Å². The Balaban J connectivity index is 0.00000128. The van der Waals surface area contributed by atoms with Gasteiger partial charge in [-0.3, -0.25) is 0 Å². The lowest BCUT2D eigenvalue weighted by molar-refractivity contribution is -0.00000420. The molecule has 1 N–H and O–H groups in total. The molecule has 0 aliphatic heterocycles. The molecule has 0 amide bonds. The molecule has 0 unspecified atom stereocenters. The fraction of sp³-hybridized carbons (Fsp3) is 0.167. The van der Waals surface area contributed by atoms with Gasteiger partial charge in [0.25, 0.3) is 0 Å². The van der Waals surface area contributed by atoms with Crippen LogP contribution in [0.4, 0.5) is 4.39 Å². The van der Waals surface area contributed by atoms with E-state index in [9.17, 15) is 4.39 Å². The maximum absolute atomic E-state index is 12.6. The summed E-state index contributed by atoms with van der Waals surface area (Å²) in [6.07, 6.45) is 1.65. The molecule has 0 bridgehead atoms. The molecule has 0 radical (unpaired) electrons. The van der Waals surface area contributed by atoms with Crippen molar-refractivity contribution in [3.8, 4) is 0 Å². The highest BCUT2D eigenvalue weighted by Crippen LogP contribution is 2.03. The number of hydrogen-bond acceptors (Lipinski definition) is 2. The van der Waals surface area contributed by atoms with Gasteiger partial charge in [0.1, 0.15) is 11.6 Å². The normalized spacial score (nSPS) is 9.81. The van der Waals surface area contributed by atoms with Crippen molar-refractivity contribution in [2.45, 2.75) is 13.1 Å². The zero-order valence-corrected chi connectivity index (χ0v) is 9.38. The molecule has 0 aliphatic carbocycles. The number of furan rings is 1. The highest BCUT2D eigenvalue weighted by Gasteiger charge is 1.96. The maximum atomic E-state index is 12.6. The molecule has 0 saturated carbocycles. The van der Waals surface area contributed by atoms with Gasteiger partial charge in [-0.25, -0.2) is 4.39 Å². The fourth-order valence-corrected chi connectivity index (χ4v) is 1.35. The van der Waals surface area contributed by atoms with E-state index in [2.05, 4.69) is 5.32 Å². The van der Waals surface area contributed by atoms with Crippen LogP contribution in [0.3, 0.4) is 0 Å². The summed E-state index contributed by atoms with van der Waals surface area (Å²) in [7, 11) is 0. The van der Waals surface area contributed by atoms with Gasteiger partial charge in [-0.15, -0.1) is 0 Å². The zero-order valence-electron chi connectivity index (χ0n) is 8.62. The van der Waals surface area contributed by atoms with Crippen LogP contribution in [-0.2, 0) is 13.1 Å². The van der Waals surface area contributed by atoms with E-state index in [0.29, 0.717) is 13.1 Å². The number of nitrogens with one attached hydrogen (secondary N) is 1. The first kappa shape index (κ1) is 12.7. The predicted molar refractivity (Wildman–Crippen MR) is 55.7 cm³/mol. The topological polar surface area (TPSA) is 25.2 Å². The van der Waals surface area contributed by atoms with Crippen LogP contribution in [0.15, 0.2) is 47.1 Å². The Kier molecular flexibility index (Phi) is 5.02. The van der Waals surface area contributed by atoms with Gasteiger partial charge in [-0.05, 0) is 29.8 Å². The first-order valence-corrected chi connectivity index (χ1v) is 4.82. The average Bonchev–Trinajstić information content (AvgIpc) is 2.74. The van der Waals surface area contributed by atoms with Gasteiger partial charge in [0.05, 0.1) is 12.8 Å². The van der Waals surface area contributed by atoms with E-state index in [0.717, 1.165) is 11.3 Å². The molecule has 2 aromatic rings. The second-order valence-corrected chi connectivity index (χ2v) is 3.31. The summed E-state index contributed by atoms with van der Waals surface area (Å²) in [5.41, 5.74) is 1.06. The molecule has 2 rings (SSSR count). The Morgan fingerprint density at radius 2 is 1.81 bits per heavy atom. The van der Waals surface area contributed by atoms with E-state index >= 15 is 0 Å². The van der Waals surface area contributed by atoms with Crippen molar-refractivity contribution in [2.75, 3.05) is 0 Å². The lowest BCUT2D eigenvalue weighted by atomic mass is 10.2. The summed E-state index contributed by atoms with van der Waals surface area (Å²) in [5, 5.41) is 3.21. The molecule has 1 heterocycles. The molecule has 0 atom stereocenters. The summed E-state index contributed by atoms with van der Waals surface area (Å²) in [4.78, 5) is 0. The number of rotatable bonds is 4. The van der Waals surface area contributed by atoms with Crippen LogP contribution in [0.5, 0.6) is 0 Å². The first-order chi connectivity index (χ1) is 7.34. The van der Waals surface area contributed by atoms with Crippen LogP contribution < -0.4 is 17.7 Å². The number of benzene rings is 1. The summed E-state index contributed by atoms with van der Waals surface area (Å²) in [6, 6.07) is 10.2. The van der Waals surface area contributed by atoms with E-state index in [1.165, 1.54) is 12.1 Å². The van der Waals surface area contributed by atoms with Gasteiger partial charge in [0.15, 0.2) is 0 Å². The van der Waals surface area contributed by atoms with Crippen LogP contribution in [0.1, 0.15) is 11.3 Å². The van der Waals surface area contributed by atoms with E-state index < -0.39 is 0 Å². The number of hydrogen-bond donors (Lipinski definition) is 1. The Hall–Kier alpha value is -1.32. The minimum absolute atomic E-state index is 0. The predicted octanol–water partition coefficient (Wildman–Crippen LogP) is -0.288. The molecule has 0 spiro atoms. The molecule has 1 aromatic carbocycles. The van der Waals surface area contributed by atoms with Gasteiger partial charge < -0.3 is 22.1 Å². The van der Waals surface area contributed by atoms with Crippen LogP contribution >= 0.6 is 0 Å². The van der Waals surface area contributed by atoms with Crippen molar-refractivity contribution in [2.24, 2.45) is 0 Å². The highest BCUT2D eigenvalue weighted by atomic mass is 35.5. The second kappa shape index (κ2) is 6.30. The minimum Gasteiger partial charge on any atom is -1.00 e. The third-order valence-corrected chi connectivity index (χ3v) is 2.12. The molecule has 86 valence electrons. The van der Waals surface area contributed by atoms with Gasteiger partial charge in [-0.1, -0.05) is 12.1 Å². The van der Waals surface area contributed by atoms with Crippen LogP contribution in [0.2, 0.25) is 0 Å². The summed E-state index contributed by atoms with van der Waals surface area (Å²) in [5.74, 6) is 0.696. The molecule has 2 nitrogen and oxygen atoms in total. The molecular weight excluding hydrogens is 229 g/mol. The largest absolute Gasteiger partial charge is 1.00 e. The van der Waals surface area contributed by atoms with Gasteiger partial charge >= 0.3 is 0 Å². The quantitative estimate of drug-likeness (QED) is 0.795. The van der Waals surface area contributed by atoms with E-state index in [-0.39, 0.29) is 18.2 Å². The molecule has 0 aliphatic rings. The SMILES string of the molecule is Fc1ccc(CNCc2ccco2)cc1.[Cl-]. The first-order valence-electron chi connectivity index (χ1n) is 4.82. The Morgan fingerprint density at radius 3 is 2.44 bits per heavy atom. The average molecular weight is 241 g/mol. The minimum atomic E-state index is -0.204.